The molecule has 2 rings (SSSR count). The number of hydrogen-bond acceptors (Lipinski definition) is 6. The fourth-order valence-electron chi connectivity index (χ4n) is 1.41. The highest BCUT2D eigenvalue weighted by Gasteiger charge is 2.11. The fourth-order valence-corrected chi connectivity index (χ4v) is 1.41. The Morgan fingerprint density at radius 1 is 1.47 bits per heavy atom. The molecular formula is C12H14N4O3. The third-order valence-electron chi connectivity index (χ3n) is 2.43. The lowest BCUT2D eigenvalue weighted by Crippen LogP contribution is -2.25. The van der Waals surface area contributed by atoms with Crippen LogP contribution < -0.4 is 10.6 Å². The van der Waals surface area contributed by atoms with Crippen LogP contribution in [0.4, 0.5) is 11.6 Å². The lowest BCUT2D eigenvalue weighted by molar-refractivity contribution is -0.137. The van der Waals surface area contributed by atoms with Gasteiger partial charge in [0.15, 0.2) is 0 Å². The molecule has 19 heavy (non-hydrogen) atoms. The number of carbonyl (C=O) groups is 1. The maximum Gasteiger partial charge on any atom is 0.325 e. The Morgan fingerprint density at radius 2 is 2.26 bits per heavy atom. The van der Waals surface area contributed by atoms with Crippen molar-refractivity contribution in [2.45, 2.75) is 19.5 Å². The summed E-state index contributed by atoms with van der Waals surface area (Å²) in [5, 5.41) is 14.6. The second-order valence-corrected chi connectivity index (χ2v) is 3.93. The van der Waals surface area contributed by atoms with Gasteiger partial charge < -0.3 is 20.2 Å². The standard InChI is InChI=1S/C12H14N4O3/c1-8(12(17)18)16-11-5-10(14-7-15-11)13-6-9-3-2-4-19-9/h2-5,7-8H,6H2,1H3,(H,17,18)(H2,13,14,15,16). The first-order chi connectivity index (χ1) is 9.15. The van der Waals surface area contributed by atoms with Gasteiger partial charge in [0.05, 0.1) is 12.8 Å². The summed E-state index contributed by atoms with van der Waals surface area (Å²) in [6, 6.07) is 4.58. The largest absolute Gasteiger partial charge is 0.480 e. The van der Waals surface area contributed by atoms with E-state index >= 15 is 0 Å². The molecule has 2 aromatic rings. The number of aromatic nitrogens is 2. The summed E-state index contributed by atoms with van der Waals surface area (Å²) in [4.78, 5) is 18.7. The summed E-state index contributed by atoms with van der Waals surface area (Å²) >= 11 is 0. The zero-order valence-corrected chi connectivity index (χ0v) is 10.3. The zero-order chi connectivity index (χ0) is 13.7. The Bertz CT molecular complexity index is 542. The van der Waals surface area contributed by atoms with Crippen molar-refractivity contribution >= 4 is 17.6 Å². The van der Waals surface area contributed by atoms with Gasteiger partial charge in [0, 0.05) is 6.07 Å². The maximum absolute atomic E-state index is 10.7. The SMILES string of the molecule is CC(Nc1cc(NCc2ccco2)ncn1)C(=O)O. The molecule has 0 radical (unpaired) electrons. The summed E-state index contributed by atoms with van der Waals surface area (Å²) in [6.45, 7) is 2.04. The van der Waals surface area contributed by atoms with Crippen LogP contribution in [0.2, 0.25) is 0 Å². The maximum atomic E-state index is 10.7. The molecule has 0 saturated carbocycles. The van der Waals surface area contributed by atoms with Gasteiger partial charge in [0.1, 0.15) is 29.8 Å². The first kappa shape index (κ1) is 12.9. The van der Waals surface area contributed by atoms with Gasteiger partial charge in [-0.3, -0.25) is 4.79 Å². The summed E-state index contributed by atoms with van der Waals surface area (Å²) in [6.07, 6.45) is 2.96. The van der Waals surface area contributed by atoms with Crippen molar-refractivity contribution in [2.75, 3.05) is 10.6 Å². The van der Waals surface area contributed by atoms with E-state index in [2.05, 4.69) is 20.6 Å². The lowest BCUT2D eigenvalue weighted by Gasteiger charge is -2.10. The average molecular weight is 262 g/mol. The molecular weight excluding hydrogens is 248 g/mol. The van der Waals surface area contributed by atoms with Crippen LogP contribution in [0, 0.1) is 0 Å². The molecule has 0 amide bonds. The number of carboxylic acids is 1. The highest BCUT2D eigenvalue weighted by atomic mass is 16.4. The van der Waals surface area contributed by atoms with Crippen LogP contribution in [0.3, 0.4) is 0 Å². The van der Waals surface area contributed by atoms with Crippen molar-refractivity contribution in [3.8, 4) is 0 Å². The van der Waals surface area contributed by atoms with Gasteiger partial charge in [-0.25, -0.2) is 9.97 Å². The quantitative estimate of drug-likeness (QED) is 0.726. The molecule has 3 N–H and O–H groups in total. The smallest absolute Gasteiger partial charge is 0.325 e. The molecule has 0 saturated heterocycles. The predicted molar refractivity (Wildman–Crippen MR) is 68.8 cm³/mol. The van der Waals surface area contributed by atoms with E-state index in [0.29, 0.717) is 18.2 Å². The number of hydrogen-bond donors (Lipinski definition) is 3. The van der Waals surface area contributed by atoms with Crippen molar-refractivity contribution in [3.63, 3.8) is 0 Å². The molecule has 0 fully saturated rings. The zero-order valence-electron chi connectivity index (χ0n) is 10.3. The fraction of sp³-hybridized carbons (Fsp3) is 0.250. The van der Waals surface area contributed by atoms with Crippen LogP contribution in [-0.4, -0.2) is 27.1 Å². The topological polar surface area (TPSA) is 100 Å². The third kappa shape index (κ3) is 3.70. The molecule has 100 valence electrons. The summed E-state index contributed by atoms with van der Waals surface area (Å²) in [5.41, 5.74) is 0. The highest BCUT2D eigenvalue weighted by Crippen LogP contribution is 2.11. The molecule has 7 nitrogen and oxygen atoms in total. The molecule has 7 heteroatoms. The van der Waals surface area contributed by atoms with Crippen molar-refractivity contribution in [3.05, 3.63) is 36.5 Å². The Labute approximate surface area is 109 Å². The number of anilines is 2. The van der Waals surface area contributed by atoms with Crippen molar-refractivity contribution in [1.29, 1.82) is 0 Å². The minimum absolute atomic E-state index is 0.451. The Morgan fingerprint density at radius 3 is 2.95 bits per heavy atom. The molecule has 0 aromatic carbocycles. The number of aliphatic carboxylic acids is 1. The molecule has 0 bridgehead atoms. The molecule has 1 unspecified atom stereocenters. The number of furan rings is 1. The minimum atomic E-state index is -0.941. The van der Waals surface area contributed by atoms with Crippen molar-refractivity contribution in [2.24, 2.45) is 0 Å². The molecule has 0 spiro atoms. The molecule has 2 heterocycles. The van der Waals surface area contributed by atoms with Crippen LogP contribution in [0.1, 0.15) is 12.7 Å². The van der Waals surface area contributed by atoms with Crippen LogP contribution in [0.25, 0.3) is 0 Å². The second-order valence-electron chi connectivity index (χ2n) is 3.93. The Hall–Kier alpha value is -2.57. The number of carboxylic acid groups (broad SMARTS) is 1. The summed E-state index contributed by atoms with van der Waals surface area (Å²) in [7, 11) is 0. The van der Waals surface area contributed by atoms with Crippen LogP contribution >= 0.6 is 0 Å². The minimum Gasteiger partial charge on any atom is -0.480 e. The van der Waals surface area contributed by atoms with Crippen LogP contribution in [0.15, 0.2) is 35.2 Å². The van der Waals surface area contributed by atoms with Crippen LogP contribution in [-0.2, 0) is 11.3 Å². The highest BCUT2D eigenvalue weighted by molar-refractivity contribution is 5.76. The van der Waals surface area contributed by atoms with Gasteiger partial charge in [-0.05, 0) is 19.1 Å². The Kier molecular flexibility index (Phi) is 3.97. The molecule has 2 aromatic heterocycles. The number of rotatable bonds is 6. The molecule has 1 atom stereocenters. The average Bonchev–Trinajstić information content (AvgIpc) is 2.90. The molecule has 0 aliphatic carbocycles. The number of nitrogens with one attached hydrogen (secondary N) is 2. The first-order valence-electron chi connectivity index (χ1n) is 5.73. The number of nitrogens with zero attached hydrogens (tertiary/aromatic N) is 2. The van der Waals surface area contributed by atoms with Crippen molar-refractivity contribution in [1.82, 2.24) is 9.97 Å². The van der Waals surface area contributed by atoms with Gasteiger partial charge in [0.25, 0.3) is 0 Å². The van der Waals surface area contributed by atoms with Gasteiger partial charge in [-0.2, -0.15) is 0 Å². The van der Waals surface area contributed by atoms with E-state index in [1.807, 2.05) is 6.07 Å². The van der Waals surface area contributed by atoms with E-state index in [4.69, 9.17) is 9.52 Å². The van der Waals surface area contributed by atoms with E-state index in [1.54, 1.807) is 25.3 Å². The molecule has 0 aliphatic rings. The third-order valence-corrected chi connectivity index (χ3v) is 2.43. The monoisotopic (exact) mass is 262 g/mol. The van der Waals surface area contributed by atoms with Gasteiger partial charge in [0.2, 0.25) is 0 Å². The normalized spacial score (nSPS) is 11.8. The summed E-state index contributed by atoms with van der Waals surface area (Å²) < 4.78 is 5.18. The van der Waals surface area contributed by atoms with E-state index in [0.717, 1.165) is 5.76 Å². The van der Waals surface area contributed by atoms with Gasteiger partial charge >= 0.3 is 5.97 Å². The van der Waals surface area contributed by atoms with E-state index in [1.165, 1.54) is 6.33 Å². The first-order valence-corrected chi connectivity index (χ1v) is 5.73. The van der Waals surface area contributed by atoms with Gasteiger partial charge in [-0.1, -0.05) is 0 Å². The van der Waals surface area contributed by atoms with Crippen LogP contribution in [0.5, 0.6) is 0 Å². The van der Waals surface area contributed by atoms with E-state index < -0.39 is 12.0 Å². The lowest BCUT2D eigenvalue weighted by atomic mass is 10.3. The predicted octanol–water partition coefficient (Wildman–Crippen LogP) is 1.57. The summed E-state index contributed by atoms with van der Waals surface area (Å²) in [5.74, 6) is 0.883. The van der Waals surface area contributed by atoms with Gasteiger partial charge in [-0.15, -0.1) is 0 Å². The Balaban J connectivity index is 1.96. The van der Waals surface area contributed by atoms with E-state index in [-0.39, 0.29) is 0 Å². The van der Waals surface area contributed by atoms with E-state index in [9.17, 15) is 4.79 Å². The molecule has 0 aliphatic heterocycles. The second kappa shape index (κ2) is 5.85. The van der Waals surface area contributed by atoms with Crippen molar-refractivity contribution < 1.29 is 14.3 Å².